The summed E-state index contributed by atoms with van der Waals surface area (Å²) in [5.41, 5.74) is 0. The summed E-state index contributed by atoms with van der Waals surface area (Å²) in [5.74, 6) is 1.66. The van der Waals surface area contributed by atoms with Crippen LogP contribution in [-0.4, -0.2) is 3.92 Å². The molecule has 0 amide bonds. The van der Waals surface area contributed by atoms with E-state index in [9.17, 15) is 0 Å². The largest absolute Gasteiger partial charge is 0.103 e. The zero-order valence-electron chi connectivity index (χ0n) is 7.51. The van der Waals surface area contributed by atoms with Gasteiger partial charge in [-0.3, -0.25) is 0 Å². The Kier molecular flexibility index (Phi) is 4.33. The van der Waals surface area contributed by atoms with Gasteiger partial charge in [-0.15, -0.1) is 13.2 Å². The fourth-order valence-electron chi connectivity index (χ4n) is 1.89. The van der Waals surface area contributed by atoms with E-state index in [1.807, 2.05) is 0 Å². The van der Waals surface area contributed by atoms with Crippen molar-refractivity contribution >= 4 is 22.6 Å². The fourth-order valence-corrected chi connectivity index (χ4v) is 2.61. The summed E-state index contributed by atoms with van der Waals surface area (Å²) in [6.45, 7) is 7.70. The highest BCUT2D eigenvalue weighted by atomic mass is 127. The van der Waals surface area contributed by atoms with Crippen LogP contribution in [0.1, 0.15) is 25.7 Å². The van der Waals surface area contributed by atoms with Crippen LogP contribution in [0.3, 0.4) is 0 Å². The van der Waals surface area contributed by atoms with Crippen molar-refractivity contribution in [1.29, 1.82) is 0 Å². The molecule has 1 saturated carbocycles. The second-order valence-corrected chi connectivity index (χ2v) is 5.03. The minimum absolute atomic E-state index is 0.674. The van der Waals surface area contributed by atoms with Gasteiger partial charge < -0.3 is 0 Å². The van der Waals surface area contributed by atoms with E-state index in [-0.39, 0.29) is 0 Å². The molecule has 68 valence electrons. The maximum atomic E-state index is 3.85. The lowest BCUT2D eigenvalue weighted by Crippen LogP contribution is -2.19. The summed E-state index contributed by atoms with van der Waals surface area (Å²) in [7, 11) is 0. The van der Waals surface area contributed by atoms with Crippen LogP contribution in [0.5, 0.6) is 0 Å². The Morgan fingerprint density at radius 3 is 2.17 bits per heavy atom. The fraction of sp³-hybridized carbons (Fsp3) is 0.636. The van der Waals surface area contributed by atoms with E-state index >= 15 is 0 Å². The molecule has 0 heterocycles. The van der Waals surface area contributed by atoms with Gasteiger partial charge in [0.2, 0.25) is 0 Å². The summed E-state index contributed by atoms with van der Waals surface area (Å²) < 4.78 is 0.674. The molecule has 1 fully saturated rings. The molecule has 1 atom stereocenters. The highest BCUT2D eigenvalue weighted by Gasteiger charge is 2.22. The van der Waals surface area contributed by atoms with Gasteiger partial charge in [0.25, 0.3) is 0 Å². The number of hydrogen-bond acceptors (Lipinski definition) is 0. The van der Waals surface area contributed by atoms with Crippen molar-refractivity contribution < 1.29 is 0 Å². The third kappa shape index (κ3) is 2.61. The van der Waals surface area contributed by atoms with Crippen LogP contribution < -0.4 is 0 Å². The molecule has 0 aliphatic heterocycles. The lowest BCUT2D eigenvalue weighted by Gasteiger charge is -2.28. The summed E-state index contributed by atoms with van der Waals surface area (Å²) >= 11 is 2.50. The van der Waals surface area contributed by atoms with Crippen LogP contribution in [0.15, 0.2) is 25.3 Å². The molecule has 12 heavy (non-hydrogen) atoms. The van der Waals surface area contributed by atoms with Crippen molar-refractivity contribution in [2.75, 3.05) is 0 Å². The van der Waals surface area contributed by atoms with E-state index in [4.69, 9.17) is 0 Å². The lowest BCUT2D eigenvalue weighted by molar-refractivity contribution is 0.322. The Labute approximate surface area is 89.3 Å². The van der Waals surface area contributed by atoms with E-state index in [2.05, 4.69) is 47.9 Å². The molecule has 1 unspecified atom stereocenters. The maximum absolute atomic E-state index is 3.85. The minimum Gasteiger partial charge on any atom is -0.103 e. The Balaban J connectivity index is 2.34. The Morgan fingerprint density at radius 2 is 1.75 bits per heavy atom. The average molecular weight is 276 g/mol. The summed E-state index contributed by atoms with van der Waals surface area (Å²) in [4.78, 5) is 0. The minimum atomic E-state index is 0.674. The van der Waals surface area contributed by atoms with Crippen LogP contribution >= 0.6 is 22.6 Å². The monoisotopic (exact) mass is 276 g/mol. The Hall–Kier alpha value is 0.210. The van der Waals surface area contributed by atoms with Crippen molar-refractivity contribution in [3.63, 3.8) is 0 Å². The lowest BCUT2D eigenvalue weighted by atomic mass is 9.81. The molecule has 1 heteroatoms. The standard InChI is InChI=1S/C11H17I/c1-3-9-5-7-10(8-6-9)11(12)4-2/h3-4,9-11H,1-2,5-8H2. The molecule has 1 aliphatic rings. The Morgan fingerprint density at radius 1 is 1.17 bits per heavy atom. The van der Waals surface area contributed by atoms with E-state index < -0.39 is 0 Å². The van der Waals surface area contributed by atoms with Gasteiger partial charge in [0, 0.05) is 3.92 Å². The molecule has 0 N–H and O–H groups in total. The van der Waals surface area contributed by atoms with Crippen molar-refractivity contribution in [2.45, 2.75) is 29.6 Å². The number of allylic oxidation sites excluding steroid dienone is 2. The third-order valence-electron chi connectivity index (χ3n) is 2.83. The zero-order chi connectivity index (χ0) is 8.97. The van der Waals surface area contributed by atoms with Crippen molar-refractivity contribution in [3.05, 3.63) is 25.3 Å². The quantitative estimate of drug-likeness (QED) is 0.415. The van der Waals surface area contributed by atoms with E-state index in [0.29, 0.717) is 3.92 Å². The molecule has 0 saturated heterocycles. The van der Waals surface area contributed by atoms with Gasteiger partial charge >= 0.3 is 0 Å². The normalized spacial score (nSPS) is 32.4. The highest BCUT2D eigenvalue weighted by Crippen LogP contribution is 2.34. The molecule has 0 nitrogen and oxygen atoms in total. The average Bonchev–Trinajstić information content (AvgIpc) is 2.17. The Bertz CT molecular complexity index is 154. The highest BCUT2D eigenvalue weighted by molar-refractivity contribution is 14.1. The van der Waals surface area contributed by atoms with Gasteiger partial charge in [0.1, 0.15) is 0 Å². The van der Waals surface area contributed by atoms with Gasteiger partial charge in [-0.25, -0.2) is 0 Å². The number of halogens is 1. The summed E-state index contributed by atoms with van der Waals surface area (Å²) in [5, 5.41) is 0. The van der Waals surface area contributed by atoms with Crippen LogP contribution in [0, 0.1) is 11.8 Å². The second kappa shape index (κ2) is 5.05. The van der Waals surface area contributed by atoms with E-state index in [1.54, 1.807) is 0 Å². The topological polar surface area (TPSA) is 0 Å². The van der Waals surface area contributed by atoms with E-state index in [1.165, 1.54) is 25.7 Å². The van der Waals surface area contributed by atoms with Gasteiger partial charge in [-0.1, -0.05) is 34.7 Å². The third-order valence-corrected chi connectivity index (χ3v) is 4.35. The molecule has 0 bridgehead atoms. The molecular formula is C11H17I. The molecule has 0 aromatic rings. The number of hydrogen-bond donors (Lipinski definition) is 0. The van der Waals surface area contributed by atoms with Gasteiger partial charge in [0.15, 0.2) is 0 Å². The first-order valence-electron chi connectivity index (χ1n) is 4.67. The zero-order valence-corrected chi connectivity index (χ0v) is 9.66. The molecule has 0 aromatic heterocycles. The predicted octanol–water partition coefficient (Wildman–Crippen LogP) is 3.97. The van der Waals surface area contributed by atoms with E-state index in [0.717, 1.165) is 11.8 Å². The number of alkyl halides is 1. The molecule has 0 aromatic carbocycles. The van der Waals surface area contributed by atoms with Gasteiger partial charge in [0.05, 0.1) is 0 Å². The molecule has 1 aliphatic carbocycles. The summed E-state index contributed by atoms with van der Waals surface area (Å²) in [6.07, 6.45) is 9.58. The number of rotatable bonds is 3. The molecule has 0 radical (unpaired) electrons. The first-order chi connectivity index (χ1) is 5.77. The van der Waals surface area contributed by atoms with Crippen molar-refractivity contribution in [1.82, 2.24) is 0 Å². The van der Waals surface area contributed by atoms with Crippen LogP contribution in [0.4, 0.5) is 0 Å². The first kappa shape index (κ1) is 10.3. The summed E-state index contributed by atoms with van der Waals surface area (Å²) in [6, 6.07) is 0. The molecule has 1 rings (SSSR count). The van der Waals surface area contributed by atoms with Crippen molar-refractivity contribution in [3.8, 4) is 0 Å². The van der Waals surface area contributed by atoms with Gasteiger partial charge in [-0.05, 0) is 37.5 Å². The predicted molar refractivity (Wildman–Crippen MR) is 63.7 cm³/mol. The maximum Gasteiger partial charge on any atom is 0.0315 e. The SMILES string of the molecule is C=CC1CCC(C(I)C=C)CC1. The smallest absolute Gasteiger partial charge is 0.0315 e. The van der Waals surface area contributed by atoms with Crippen LogP contribution in [0.2, 0.25) is 0 Å². The molecular weight excluding hydrogens is 259 g/mol. The molecule has 0 spiro atoms. The van der Waals surface area contributed by atoms with Crippen LogP contribution in [0.25, 0.3) is 0 Å². The first-order valence-corrected chi connectivity index (χ1v) is 5.91. The van der Waals surface area contributed by atoms with Crippen molar-refractivity contribution in [2.24, 2.45) is 11.8 Å². The van der Waals surface area contributed by atoms with Gasteiger partial charge in [-0.2, -0.15) is 0 Å². The van der Waals surface area contributed by atoms with Crippen LogP contribution in [-0.2, 0) is 0 Å². The second-order valence-electron chi connectivity index (χ2n) is 3.59.